The second-order valence-corrected chi connectivity index (χ2v) is 15.3. The summed E-state index contributed by atoms with van der Waals surface area (Å²) in [6, 6.07) is 0. The number of esters is 1. The second kappa shape index (κ2) is 11.7. The van der Waals surface area contributed by atoms with Crippen molar-refractivity contribution in [3.05, 3.63) is 53.3 Å². The van der Waals surface area contributed by atoms with Gasteiger partial charge in [0, 0.05) is 6.42 Å². The minimum absolute atomic E-state index is 0.153. The summed E-state index contributed by atoms with van der Waals surface area (Å²) < 4.78 is 12.2. The molecule has 42 heavy (non-hydrogen) atoms. The van der Waals surface area contributed by atoms with Crippen molar-refractivity contribution < 1.29 is 24.2 Å². The molecule has 0 spiro atoms. The van der Waals surface area contributed by atoms with Gasteiger partial charge in [0.15, 0.2) is 0 Å². The van der Waals surface area contributed by atoms with Crippen LogP contribution in [-0.4, -0.2) is 39.5 Å². The Morgan fingerprint density at radius 2 is 1.95 bits per heavy atom. The van der Waals surface area contributed by atoms with E-state index in [4.69, 9.17) is 9.15 Å². The predicted octanol–water partition coefficient (Wildman–Crippen LogP) is 7.53. The highest BCUT2D eigenvalue weighted by Gasteiger charge is 2.57. The first-order valence-corrected chi connectivity index (χ1v) is 16.3. The molecule has 232 valence electrons. The van der Waals surface area contributed by atoms with Crippen molar-refractivity contribution in [1.82, 2.24) is 4.98 Å². The van der Waals surface area contributed by atoms with Crippen LogP contribution in [0.2, 0.25) is 0 Å². The van der Waals surface area contributed by atoms with Crippen LogP contribution in [0, 0.1) is 35.5 Å². The molecule has 6 heteroatoms. The fraction of sp³-hybridized carbons (Fsp3) is 0.722. The Labute approximate surface area is 252 Å². The molecule has 5 rings (SSSR count). The lowest BCUT2D eigenvalue weighted by Gasteiger charge is -2.44. The molecule has 6 nitrogen and oxygen atoms in total. The number of carbonyl (C=O) groups is 1. The Kier molecular flexibility index (Phi) is 8.72. The van der Waals surface area contributed by atoms with Gasteiger partial charge in [-0.3, -0.25) is 4.79 Å². The normalized spacial score (nSPS) is 34.3. The zero-order valence-corrected chi connectivity index (χ0v) is 26.7. The number of aromatic nitrogens is 1. The van der Waals surface area contributed by atoms with Crippen LogP contribution in [0.3, 0.4) is 0 Å². The molecule has 1 aromatic heterocycles. The van der Waals surface area contributed by atoms with E-state index in [1.807, 2.05) is 27.7 Å². The largest absolute Gasteiger partial charge is 0.461 e. The third kappa shape index (κ3) is 6.08. The Hall–Kier alpha value is -2.18. The molecule has 0 aliphatic heterocycles. The molecule has 4 aliphatic rings. The first-order valence-electron chi connectivity index (χ1n) is 16.3. The summed E-state index contributed by atoms with van der Waals surface area (Å²) >= 11 is 0. The van der Waals surface area contributed by atoms with Crippen LogP contribution in [-0.2, 0) is 14.9 Å². The van der Waals surface area contributed by atoms with E-state index >= 15 is 0 Å². The molecule has 4 saturated carbocycles. The van der Waals surface area contributed by atoms with E-state index in [0.29, 0.717) is 30.6 Å². The van der Waals surface area contributed by atoms with E-state index in [0.717, 1.165) is 54.8 Å². The Morgan fingerprint density at radius 3 is 2.60 bits per heavy atom. The molecular weight excluding hydrogens is 526 g/mol. The van der Waals surface area contributed by atoms with E-state index in [1.165, 1.54) is 31.3 Å². The topological polar surface area (TPSA) is 92.8 Å². The average Bonchev–Trinajstić information content (AvgIpc) is 3.47. The van der Waals surface area contributed by atoms with Crippen LogP contribution in [0.4, 0.5) is 0 Å². The molecule has 1 heterocycles. The highest BCUT2D eigenvalue weighted by Crippen LogP contribution is 2.60. The van der Waals surface area contributed by atoms with Crippen molar-refractivity contribution in [2.45, 2.75) is 136 Å². The lowest BCUT2D eigenvalue weighted by atomic mass is 9.60. The SMILES string of the molecule is C=C1/C(=C\C=C2/CCC[C@]3(C)[C@@H]([C@H](C)CC[C@H](OC(=O)C(C)(C)C)C4(c5nc(C)co5)CC4)CC[C@@H]23)C[C@@H](O)C[C@@H]1O. The fourth-order valence-electron chi connectivity index (χ4n) is 8.44. The van der Waals surface area contributed by atoms with Gasteiger partial charge in [-0.05, 0) is 126 Å². The van der Waals surface area contributed by atoms with E-state index < -0.39 is 17.6 Å². The maximum Gasteiger partial charge on any atom is 0.311 e. The average molecular weight is 580 g/mol. The number of nitrogens with zero attached hydrogens (tertiary/aromatic N) is 1. The molecule has 2 N–H and O–H groups in total. The Bertz CT molecular complexity index is 1230. The van der Waals surface area contributed by atoms with E-state index in [1.54, 1.807) is 6.26 Å². The van der Waals surface area contributed by atoms with Crippen LogP contribution in [0.25, 0.3) is 0 Å². The van der Waals surface area contributed by atoms with Crippen molar-refractivity contribution in [1.29, 1.82) is 0 Å². The predicted molar refractivity (Wildman–Crippen MR) is 165 cm³/mol. The van der Waals surface area contributed by atoms with Gasteiger partial charge in [0.1, 0.15) is 12.4 Å². The molecule has 7 atom stereocenters. The highest BCUT2D eigenvalue weighted by molar-refractivity contribution is 5.75. The number of carbonyl (C=O) groups excluding carboxylic acids is 1. The lowest BCUT2D eigenvalue weighted by molar-refractivity contribution is -0.161. The van der Waals surface area contributed by atoms with Gasteiger partial charge in [0.25, 0.3) is 0 Å². The van der Waals surface area contributed by atoms with Gasteiger partial charge >= 0.3 is 5.97 Å². The summed E-state index contributed by atoms with van der Waals surface area (Å²) in [5.74, 6) is 2.26. The Balaban J connectivity index is 1.30. The zero-order valence-electron chi connectivity index (χ0n) is 26.7. The highest BCUT2D eigenvalue weighted by atomic mass is 16.5. The third-order valence-electron chi connectivity index (χ3n) is 11.2. The summed E-state index contributed by atoms with van der Waals surface area (Å²) in [5, 5.41) is 20.5. The smallest absolute Gasteiger partial charge is 0.311 e. The van der Waals surface area contributed by atoms with E-state index in [9.17, 15) is 15.0 Å². The monoisotopic (exact) mass is 579 g/mol. The standard InChI is InChI=1S/C36H53NO5/c1-22(10-15-31(42-33(40)34(4,5)6)36(17-18-36)32-37-23(2)21-41-32)28-13-14-29-25(9-8-16-35(28,29)7)11-12-26-19-27(38)20-30(39)24(26)3/h11-12,21-22,27-31,38-39H,3,8-10,13-20H2,1-2,4-7H3/b25-11+,26-12-/t22-,27-,28-,29+,30+,31+,35-/m1/s1. The molecule has 4 aliphatic carbocycles. The number of ether oxygens (including phenoxy) is 1. The molecule has 0 saturated heterocycles. The van der Waals surface area contributed by atoms with Gasteiger partial charge in [-0.15, -0.1) is 0 Å². The quantitative estimate of drug-likeness (QED) is 0.309. The maximum absolute atomic E-state index is 13.1. The fourth-order valence-corrected chi connectivity index (χ4v) is 8.44. The van der Waals surface area contributed by atoms with Gasteiger partial charge in [0.2, 0.25) is 5.89 Å². The number of aliphatic hydroxyl groups excluding tert-OH is 2. The molecule has 0 bridgehead atoms. The lowest BCUT2D eigenvalue weighted by Crippen LogP contribution is -2.38. The summed E-state index contributed by atoms with van der Waals surface area (Å²) in [6.07, 6.45) is 15.4. The van der Waals surface area contributed by atoms with Crippen LogP contribution in [0.15, 0.2) is 46.1 Å². The van der Waals surface area contributed by atoms with Crippen LogP contribution in [0.5, 0.6) is 0 Å². The summed E-state index contributed by atoms with van der Waals surface area (Å²) in [5.41, 5.74) is 3.51. The number of allylic oxidation sites excluding steroid dienone is 3. The number of aliphatic hydroxyl groups is 2. The summed E-state index contributed by atoms with van der Waals surface area (Å²) in [6.45, 7) is 16.7. The molecule has 0 unspecified atom stereocenters. The van der Waals surface area contributed by atoms with Crippen molar-refractivity contribution in [3.63, 3.8) is 0 Å². The zero-order chi connectivity index (χ0) is 30.4. The van der Waals surface area contributed by atoms with E-state index in [-0.39, 0.29) is 22.9 Å². The first kappa shape index (κ1) is 31.3. The van der Waals surface area contributed by atoms with Gasteiger partial charge in [-0.1, -0.05) is 38.2 Å². The maximum atomic E-state index is 13.1. The molecule has 4 fully saturated rings. The second-order valence-electron chi connectivity index (χ2n) is 15.3. The third-order valence-corrected chi connectivity index (χ3v) is 11.2. The van der Waals surface area contributed by atoms with Crippen LogP contribution >= 0.6 is 0 Å². The van der Waals surface area contributed by atoms with Gasteiger partial charge in [-0.2, -0.15) is 0 Å². The van der Waals surface area contributed by atoms with E-state index in [2.05, 4.69) is 37.6 Å². The summed E-state index contributed by atoms with van der Waals surface area (Å²) in [7, 11) is 0. The van der Waals surface area contributed by atoms with Gasteiger partial charge in [-0.25, -0.2) is 4.98 Å². The van der Waals surface area contributed by atoms with Crippen molar-refractivity contribution in [2.24, 2.45) is 28.6 Å². The van der Waals surface area contributed by atoms with Crippen LogP contribution in [0.1, 0.15) is 117 Å². The number of oxazole rings is 1. The van der Waals surface area contributed by atoms with Crippen molar-refractivity contribution >= 4 is 5.97 Å². The van der Waals surface area contributed by atoms with Crippen molar-refractivity contribution in [3.8, 4) is 0 Å². The molecular formula is C36H53NO5. The number of rotatable bonds is 8. The number of fused-ring (bicyclic) bond motifs is 1. The summed E-state index contributed by atoms with van der Waals surface area (Å²) in [4.78, 5) is 17.8. The Morgan fingerprint density at radius 1 is 1.21 bits per heavy atom. The number of aryl methyl sites for hydroxylation is 1. The van der Waals surface area contributed by atoms with Gasteiger partial charge < -0.3 is 19.4 Å². The van der Waals surface area contributed by atoms with Gasteiger partial charge in [0.05, 0.1) is 28.7 Å². The molecule has 0 amide bonds. The number of hydrogen-bond acceptors (Lipinski definition) is 6. The first-order chi connectivity index (χ1) is 19.7. The molecule has 0 radical (unpaired) electrons. The minimum Gasteiger partial charge on any atom is -0.461 e. The number of hydrogen-bond donors (Lipinski definition) is 2. The van der Waals surface area contributed by atoms with Crippen LogP contribution < -0.4 is 0 Å². The molecule has 0 aromatic carbocycles. The van der Waals surface area contributed by atoms with Crippen molar-refractivity contribution in [2.75, 3.05) is 0 Å². The minimum atomic E-state index is -0.652. The molecule has 1 aromatic rings.